The number of hydrogen-bond acceptors (Lipinski definition) is 3. The van der Waals surface area contributed by atoms with Gasteiger partial charge in [-0.1, -0.05) is 49.2 Å². The minimum Gasteiger partial charge on any atom is -0.484 e. The van der Waals surface area contributed by atoms with Crippen LogP contribution >= 0.6 is 11.6 Å². The zero-order chi connectivity index (χ0) is 21.2. The first kappa shape index (κ1) is 22.8. The number of halogens is 1. The zero-order valence-electron chi connectivity index (χ0n) is 17.3. The van der Waals surface area contributed by atoms with Gasteiger partial charge in [0, 0.05) is 18.1 Å². The molecule has 1 unspecified atom stereocenters. The van der Waals surface area contributed by atoms with E-state index in [2.05, 4.69) is 12.2 Å². The molecule has 0 aliphatic heterocycles. The number of aryl methyl sites for hydroxylation is 1. The molecule has 0 radical (unpaired) electrons. The Kier molecular flexibility index (Phi) is 9.00. The van der Waals surface area contributed by atoms with E-state index >= 15 is 0 Å². The number of ether oxygens (including phenoxy) is 1. The second-order valence-electron chi connectivity index (χ2n) is 7.07. The van der Waals surface area contributed by atoms with Crippen LogP contribution in [0.15, 0.2) is 48.5 Å². The Morgan fingerprint density at radius 2 is 1.90 bits per heavy atom. The van der Waals surface area contributed by atoms with E-state index < -0.39 is 6.04 Å². The monoisotopic (exact) mass is 416 g/mol. The van der Waals surface area contributed by atoms with Crippen LogP contribution in [0, 0.1) is 6.92 Å². The van der Waals surface area contributed by atoms with E-state index in [0.717, 1.165) is 24.0 Å². The van der Waals surface area contributed by atoms with Crippen LogP contribution < -0.4 is 10.1 Å². The Hall–Kier alpha value is -2.53. The van der Waals surface area contributed by atoms with Gasteiger partial charge in [-0.2, -0.15) is 0 Å². The van der Waals surface area contributed by atoms with Crippen molar-refractivity contribution in [3.8, 4) is 5.75 Å². The lowest BCUT2D eigenvalue weighted by molar-refractivity contribution is -0.142. The summed E-state index contributed by atoms with van der Waals surface area (Å²) in [5, 5.41) is 3.52. The minimum absolute atomic E-state index is 0.135. The van der Waals surface area contributed by atoms with E-state index in [-0.39, 0.29) is 18.4 Å². The first-order valence-corrected chi connectivity index (χ1v) is 10.3. The van der Waals surface area contributed by atoms with Gasteiger partial charge in [0.1, 0.15) is 11.8 Å². The molecule has 0 aliphatic rings. The Morgan fingerprint density at radius 1 is 1.17 bits per heavy atom. The lowest BCUT2D eigenvalue weighted by Gasteiger charge is -2.28. The third-order valence-electron chi connectivity index (χ3n) is 4.61. The summed E-state index contributed by atoms with van der Waals surface area (Å²) in [6.07, 6.45) is 1.90. The number of nitrogens with one attached hydrogen (secondary N) is 1. The summed E-state index contributed by atoms with van der Waals surface area (Å²) in [5.41, 5.74) is 1.95. The van der Waals surface area contributed by atoms with Crippen molar-refractivity contribution in [2.24, 2.45) is 0 Å². The van der Waals surface area contributed by atoms with Crippen LogP contribution in [0.3, 0.4) is 0 Å². The highest BCUT2D eigenvalue weighted by molar-refractivity contribution is 6.30. The highest BCUT2D eigenvalue weighted by Crippen LogP contribution is 2.16. The number of carbonyl (C=O) groups is 2. The number of unbranched alkanes of at least 4 members (excludes halogenated alkanes) is 1. The third-order valence-corrected chi connectivity index (χ3v) is 4.87. The molecule has 2 amide bonds. The maximum absolute atomic E-state index is 12.9. The molecule has 1 N–H and O–H groups in total. The van der Waals surface area contributed by atoms with Crippen molar-refractivity contribution in [2.45, 2.75) is 46.2 Å². The van der Waals surface area contributed by atoms with Crippen molar-refractivity contribution in [1.29, 1.82) is 0 Å². The highest BCUT2D eigenvalue weighted by atomic mass is 35.5. The van der Waals surface area contributed by atoms with Gasteiger partial charge in [-0.3, -0.25) is 9.59 Å². The first-order chi connectivity index (χ1) is 13.9. The maximum atomic E-state index is 12.9. The van der Waals surface area contributed by atoms with Crippen LogP contribution in [0.25, 0.3) is 0 Å². The molecular weight excluding hydrogens is 388 g/mol. The lowest BCUT2D eigenvalue weighted by Crippen LogP contribution is -2.49. The molecule has 6 heteroatoms. The van der Waals surface area contributed by atoms with Gasteiger partial charge in [0.25, 0.3) is 5.91 Å². The second-order valence-corrected chi connectivity index (χ2v) is 7.51. The van der Waals surface area contributed by atoms with E-state index in [0.29, 0.717) is 23.9 Å². The fourth-order valence-electron chi connectivity index (χ4n) is 2.84. The molecule has 0 aliphatic carbocycles. The molecule has 0 bridgehead atoms. The molecule has 29 heavy (non-hydrogen) atoms. The van der Waals surface area contributed by atoms with Crippen LogP contribution in [0.2, 0.25) is 5.02 Å². The molecule has 0 aromatic heterocycles. The van der Waals surface area contributed by atoms with Crippen LogP contribution in [0.1, 0.15) is 37.8 Å². The standard InChI is InChI=1S/C23H29ClN2O3/c1-4-5-13-25-23(28)18(3)26(15-19-9-11-20(24)12-10-19)22(27)16-29-21-8-6-7-17(2)14-21/h6-12,14,18H,4-5,13,15-16H2,1-3H3,(H,25,28). The quantitative estimate of drug-likeness (QED) is 0.585. The van der Waals surface area contributed by atoms with Crippen LogP contribution in [-0.4, -0.2) is 35.9 Å². The summed E-state index contributed by atoms with van der Waals surface area (Å²) in [4.78, 5) is 27.0. The largest absolute Gasteiger partial charge is 0.484 e. The summed E-state index contributed by atoms with van der Waals surface area (Å²) in [7, 11) is 0. The van der Waals surface area contributed by atoms with Crippen LogP contribution in [0.4, 0.5) is 0 Å². The van der Waals surface area contributed by atoms with Crippen molar-refractivity contribution >= 4 is 23.4 Å². The number of hydrogen-bond donors (Lipinski definition) is 1. The van der Waals surface area contributed by atoms with E-state index in [1.807, 2.05) is 43.3 Å². The average Bonchev–Trinajstić information content (AvgIpc) is 2.71. The van der Waals surface area contributed by atoms with Gasteiger partial charge < -0.3 is 15.0 Å². The van der Waals surface area contributed by atoms with Crippen molar-refractivity contribution < 1.29 is 14.3 Å². The Balaban J connectivity index is 2.10. The molecule has 2 aromatic rings. The van der Waals surface area contributed by atoms with E-state index in [1.54, 1.807) is 24.0 Å². The summed E-state index contributed by atoms with van der Waals surface area (Å²) < 4.78 is 5.67. The number of nitrogens with zero attached hydrogens (tertiary/aromatic N) is 1. The van der Waals surface area contributed by atoms with Crippen molar-refractivity contribution in [1.82, 2.24) is 10.2 Å². The zero-order valence-corrected chi connectivity index (χ0v) is 18.0. The van der Waals surface area contributed by atoms with Crippen molar-refractivity contribution in [2.75, 3.05) is 13.2 Å². The van der Waals surface area contributed by atoms with Gasteiger partial charge in [-0.05, 0) is 55.7 Å². The van der Waals surface area contributed by atoms with Gasteiger partial charge in [0.15, 0.2) is 6.61 Å². The van der Waals surface area contributed by atoms with E-state index in [9.17, 15) is 9.59 Å². The van der Waals surface area contributed by atoms with Crippen LogP contribution in [-0.2, 0) is 16.1 Å². The predicted octanol–water partition coefficient (Wildman–Crippen LogP) is 4.36. The van der Waals surface area contributed by atoms with Crippen LogP contribution in [0.5, 0.6) is 5.75 Å². The summed E-state index contributed by atoms with van der Waals surface area (Å²) in [6.45, 7) is 6.53. The normalized spacial score (nSPS) is 11.6. The summed E-state index contributed by atoms with van der Waals surface area (Å²) in [6, 6.07) is 14.2. The number of amides is 2. The molecule has 156 valence electrons. The van der Waals surface area contributed by atoms with E-state index in [1.165, 1.54) is 0 Å². The molecule has 0 heterocycles. The van der Waals surface area contributed by atoms with Gasteiger partial charge in [-0.25, -0.2) is 0 Å². The Morgan fingerprint density at radius 3 is 2.55 bits per heavy atom. The Bertz CT molecular complexity index is 808. The molecule has 2 rings (SSSR count). The van der Waals surface area contributed by atoms with Crippen molar-refractivity contribution in [3.05, 3.63) is 64.7 Å². The molecule has 0 saturated heterocycles. The first-order valence-electron chi connectivity index (χ1n) is 9.91. The molecular formula is C23H29ClN2O3. The van der Waals surface area contributed by atoms with E-state index in [4.69, 9.17) is 16.3 Å². The molecule has 5 nitrogen and oxygen atoms in total. The van der Waals surface area contributed by atoms with Gasteiger partial charge in [-0.15, -0.1) is 0 Å². The number of rotatable bonds is 10. The van der Waals surface area contributed by atoms with Gasteiger partial charge in [0.2, 0.25) is 5.91 Å². The molecule has 2 aromatic carbocycles. The SMILES string of the molecule is CCCCNC(=O)C(C)N(Cc1ccc(Cl)cc1)C(=O)COc1cccc(C)c1. The molecule has 0 saturated carbocycles. The van der Waals surface area contributed by atoms with Gasteiger partial charge >= 0.3 is 0 Å². The van der Waals surface area contributed by atoms with Crippen molar-refractivity contribution in [3.63, 3.8) is 0 Å². The summed E-state index contributed by atoms with van der Waals surface area (Å²) >= 11 is 5.96. The average molecular weight is 417 g/mol. The highest BCUT2D eigenvalue weighted by Gasteiger charge is 2.26. The Labute approximate surface area is 178 Å². The van der Waals surface area contributed by atoms with Gasteiger partial charge in [0.05, 0.1) is 0 Å². The molecule has 1 atom stereocenters. The smallest absolute Gasteiger partial charge is 0.261 e. The summed E-state index contributed by atoms with van der Waals surface area (Å²) in [5.74, 6) is 0.209. The molecule has 0 fully saturated rings. The lowest BCUT2D eigenvalue weighted by atomic mass is 10.1. The fraction of sp³-hybridized carbons (Fsp3) is 0.391. The second kappa shape index (κ2) is 11.5. The molecule has 0 spiro atoms. The topological polar surface area (TPSA) is 58.6 Å². The maximum Gasteiger partial charge on any atom is 0.261 e. The number of carbonyl (C=O) groups excluding carboxylic acids is 2. The predicted molar refractivity (Wildman–Crippen MR) is 116 cm³/mol. The minimum atomic E-state index is -0.615. The fourth-order valence-corrected chi connectivity index (χ4v) is 2.96. The third kappa shape index (κ3) is 7.42. The number of benzene rings is 2.